The van der Waals surface area contributed by atoms with Crippen LogP contribution in [0.3, 0.4) is 0 Å². The Bertz CT molecular complexity index is 755. The van der Waals surface area contributed by atoms with E-state index in [2.05, 4.69) is 0 Å². The van der Waals surface area contributed by atoms with Gasteiger partial charge in [-0.1, -0.05) is 0 Å². The summed E-state index contributed by atoms with van der Waals surface area (Å²) in [5.74, 6) is -4.53. The van der Waals surface area contributed by atoms with Crippen LogP contribution >= 0.6 is 0 Å². The summed E-state index contributed by atoms with van der Waals surface area (Å²) in [5.41, 5.74) is -2.20. The molecule has 0 spiro atoms. The molecule has 0 fully saturated rings. The van der Waals surface area contributed by atoms with Gasteiger partial charge in [-0.2, -0.15) is 13.2 Å². The molecule has 1 heterocycles. The molecular formula is C14H9F6NO. The van der Waals surface area contributed by atoms with Crippen molar-refractivity contribution in [3.63, 3.8) is 0 Å². The van der Waals surface area contributed by atoms with E-state index in [1.165, 1.54) is 6.92 Å². The predicted octanol–water partition coefficient (Wildman–Crippen LogP) is 3.64. The number of nitrogens with zero attached hydrogens (tertiary/aromatic N) is 1. The van der Waals surface area contributed by atoms with Gasteiger partial charge in [-0.05, 0) is 30.7 Å². The second-order valence-corrected chi connectivity index (χ2v) is 4.68. The number of aromatic nitrogens is 1. The summed E-state index contributed by atoms with van der Waals surface area (Å²) in [7, 11) is 0. The van der Waals surface area contributed by atoms with Crippen molar-refractivity contribution in [2.24, 2.45) is 0 Å². The second kappa shape index (κ2) is 5.51. The third-order valence-corrected chi connectivity index (χ3v) is 3.05. The topological polar surface area (TPSA) is 22.0 Å². The van der Waals surface area contributed by atoms with Crippen molar-refractivity contribution >= 4 is 0 Å². The molecule has 0 atom stereocenters. The van der Waals surface area contributed by atoms with Gasteiger partial charge in [0.2, 0.25) is 0 Å². The van der Waals surface area contributed by atoms with Crippen molar-refractivity contribution < 1.29 is 26.3 Å². The molecule has 118 valence electrons. The highest BCUT2D eigenvalue weighted by atomic mass is 19.4. The molecular weight excluding hydrogens is 312 g/mol. The smallest absolute Gasteiger partial charge is 0.308 e. The van der Waals surface area contributed by atoms with Crippen molar-refractivity contribution in [3.05, 3.63) is 68.9 Å². The molecule has 1 aromatic heterocycles. The van der Waals surface area contributed by atoms with E-state index in [1.54, 1.807) is 0 Å². The van der Waals surface area contributed by atoms with Crippen molar-refractivity contribution in [1.29, 1.82) is 0 Å². The lowest BCUT2D eigenvalue weighted by Crippen LogP contribution is -2.25. The van der Waals surface area contributed by atoms with Gasteiger partial charge >= 0.3 is 6.18 Å². The van der Waals surface area contributed by atoms with Crippen molar-refractivity contribution in [2.75, 3.05) is 0 Å². The lowest BCUT2D eigenvalue weighted by Gasteiger charge is -2.13. The van der Waals surface area contributed by atoms with Crippen molar-refractivity contribution in [1.82, 2.24) is 4.57 Å². The van der Waals surface area contributed by atoms with E-state index < -0.39 is 34.8 Å². The SMILES string of the molecule is Cc1cc(C(F)(F)F)cc(=O)n1Cc1cc(F)c(F)c(F)c1. The molecule has 2 aromatic rings. The highest BCUT2D eigenvalue weighted by Crippen LogP contribution is 2.28. The first-order valence-electron chi connectivity index (χ1n) is 6.01. The van der Waals surface area contributed by atoms with E-state index in [0.717, 1.165) is 10.6 Å². The summed E-state index contributed by atoms with van der Waals surface area (Å²) in [5, 5.41) is 0. The number of benzene rings is 1. The van der Waals surface area contributed by atoms with Crippen LogP contribution in [0, 0.1) is 24.4 Å². The number of hydrogen-bond acceptors (Lipinski definition) is 1. The number of alkyl halides is 3. The van der Waals surface area contributed by atoms with Crippen LogP contribution < -0.4 is 5.56 Å². The molecule has 0 saturated carbocycles. The predicted molar refractivity (Wildman–Crippen MR) is 65.9 cm³/mol. The molecule has 22 heavy (non-hydrogen) atoms. The zero-order chi connectivity index (χ0) is 16.7. The van der Waals surface area contributed by atoms with Crippen LogP contribution in [0.1, 0.15) is 16.8 Å². The number of pyridine rings is 1. The van der Waals surface area contributed by atoms with Crippen LogP contribution in [-0.2, 0) is 12.7 Å². The molecule has 1 aromatic carbocycles. The van der Waals surface area contributed by atoms with Crippen LogP contribution in [-0.4, -0.2) is 4.57 Å². The first kappa shape index (κ1) is 16.1. The normalized spacial score (nSPS) is 11.8. The molecule has 0 amide bonds. The molecule has 2 nitrogen and oxygen atoms in total. The third-order valence-electron chi connectivity index (χ3n) is 3.05. The Hall–Kier alpha value is -2.25. The first-order valence-corrected chi connectivity index (χ1v) is 6.01. The lowest BCUT2D eigenvalue weighted by atomic mass is 10.1. The van der Waals surface area contributed by atoms with Gasteiger partial charge in [-0.3, -0.25) is 4.79 Å². The fourth-order valence-corrected chi connectivity index (χ4v) is 1.98. The third kappa shape index (κ3) is 3.15. The lowest BCUT2D eigenvalue weighted by molar-refractivity contribution is -0.137. The number of aryl methyl sites for hydroxylation is 1. The minimum absolute atomic E-state index is 0.0371. The van der Waals surface area contributed by atoms with Gasteiger partial charge in [0, 0.05) is 11.8 Å². The Balaban J connectivity index is 2.45. The van der Waals surface area contributed by atoms with Crippen LogP contribution in [0.25, 0.3) is 0 Å². The van der Waals surface area contributed by atoms with Gasteiger partial charge in [0.1, 0.15) is 0 Å². The summed E-state index contributed by atoms with van der Waals surface area (Å²) in [6, 6.07) is 2.50. The molecule has 0 N–H and O–H groups in total. The van der Waals surface area contributed by atoms with Gasteiger partial charge in [-0.25, -0.2) is 13.2 Å². The standard InChI is InChI=1S/C14H9F6NO/c1-7-2-9(14(18,19)20)5-12(22)21(7)6-8-3-10(15)13(17)11(16)4-8/h2-5H,6H2,1H3. The molecule has 0 aliphatic carbocycles. The van der Waals surface area contributed by atoms with Gasteiger partial charge in [0.15, 0.2) is 17.5 Å². The van der Waals surface area contributed by atoms with Crippen LogP contribution in [0.2, 0.25) is 0 Å². The molecule has 0 saturated heterocycles. The van der Waals surface area contributed by atoms with Gasteiger partial charge < -0.3 is 4.57 Å². The maximum Gasteiger partial charge on any atom is 0.416 e. The molecule has 2 rings (SSSR count). The number of rotatable bonds is 2. The Kier molecular flexibility index (Phi) is 4.04. The van der Waals surface area contributed by atoms with E-state index in [-0.39, 0.29) is 17.8 Å². The zero-order valence-electron chi connectivity index (χ0n) is 11.1. The fraction of sp³-hybridized carbons (Fsp3) is 0.214. The van der Waals surface area contributed by atoms with E-state index >= 15 is 0 Å². The molecule has 0 aliphatic rings. The van der Waals surface area contributed by atoms with Gasteiger partial charge in [0.25, 0.3) is 5.56 Å². The van der Waals surface area contributed by atoms with E-state index in [1.807, 2.05) is 0 Å². The minimum atomic E-state index is -4.67. The quantitative estimate of drug-likeness (QED) is 0.611. The van der Waals surface area contributed by atoms with Crippen LogP contribution in [0.5, 0.6) is 0 Å². The maximum atomic E-state index is 13.1. The van der Waals surface area contributed by atoms with Gasteiger partial charge in [0.05, 0.1) is 12.1 Å². The fourth-order valence-electron chi connectivity index (χ4n) is 1.98. The molecule has 0 unspecified atom stereocenters. The monoisotopic (exact) mass is 321 g/mol. The van der Waals surface area contributed by atoms with Crippen molar-refractivity contribution in [3.8, 4) is 0 Å². The first-order chi connectivity index (χ1) is 10.1. The summed E-state index contributed by atoms with van der Waals surface area (Å²) in [6.07, 6.45) is -4.67. The Labute approximate surface area is 120 Å². The van der Waals surface area contributed by atoms with E-state index in [9.17, 15) is 31.1 Å². The molecule has 0 bridgehead atoms. The summed E-state index contributed by atoms with van der Waals surface area (Å²) in [4.78, 5) is 11.8. The van der Waals surface area contributed by atoms with Crippen LogP contribution in [0.4, 0.5) is 26.3 Å². The zero-order valence-corrected chi connectivity index (χ0v) is 11.1. The van der Waals surface area contributed by atoms with Crippen molar-refractivity contribution in [2.45, 2.75) is 19.6 Å². The Morgan fingerprint density at radius 2 is 1.55 bits per heavy atom. The maximum absolute atomic E-state index is 13.1. The second-order valence-electron chi connectivity index (χ2n) is 4.68. The number of hydrogen-bond donors (Lipinski definition) is 0. The highest BCUT2D eigenvalue weighted by Gasteiger charge is 2.31. The average Bonchev–Trinajstić information content (AvgIpc) is 2.38. The Morgan fingerprint density at radius 1 is 1.00 bits per heavy atom. The summed E-state index contributed by atoms with van der Waals surface area (Å²) in [6.45, 7) is 0.879. The van der Waals surface area contributed by atoms with Crippen LogP contribution in [0.15, 0.2) is 29.1 Å². The minimum Gasteiger partial charge on any atom is -0.308 e. The molecule has 0 aliphatic heterocycles. The average molecular weight is 321 g/mol. The van der Waals surface area contributed by atoms with E-state index in [0.29, 0.717) is 18.2 Å². The molecule has 0 radical (unpaired) electrons. The highest BCUT2D eigenvalue weighted by molar-refractivity contribution is 5.24. The van der Waals surface area contributed by atoms with E-state index in [4.69, 9.17) is 0 Å². The summed E-state index contributed by atoms with van der Waals surface area (Å²) >= 11 is 0. The summed E-state index contributed by atoms with van der Waals surface area (Å²) < 4.78 is 77.7. The number of halogens is 6. The molecule has 8 heteroatoms. The largest absolute Gasteiger partial charge is 0.416 e. The van der Waals surface area contributed by atoms with Gasteiger partial charge in [-0.15, -0.1) is 0 Å². The Morgan fingerprint density at radius 3 is 2.00 bits per heavy atom.